The van der Waals surface area contributed by atoms with Crippen molar-refractivity contribution in [3.05, 3.63) is 29.3 Å². The summed E-state index contributed by atoms with van der Waals surface area (Å²) in [5.41, 5.74) is 10.9. The van der Waals surface area contributed by atoms with Crippen molar-refractivity contribution >= 4 is 23.4 Å². The second kappa shape index (κ2) is 7.39. The molecule has 1 aromatic rings. The number of nitrogens with two attached hydrogens (primary N) is 2. The van der Waals surface area contributed by atoms with Gasteiger partial charge in [-0.1, -0.05) is 6.92 Å². The van der Waals surface area contributed by atoms with Crippen molar-refractivity contribution in [3.63, 3.8) is 0 Å². The monoisotopic (exact) mass is 292 g/mol. The van der Waals surface area contributed by atoms with Crippen LogP contribution in [0.1, 0.15) is 41.0 Å². The average Bonchev–Trinajstić information content (AvgIpc) is 2.37. The number of benzene rings is 1. The lowest BCUT2D eigenvalue weighted by atomic mass is 10.1. The Balaban J connectivity index is 2.89. The smallest absolute Gasteiger partial charge is 0.248 e. The Hall–Kier alpha value is -2.41. The van der Waals surface area contributed by atoms with E-state index >= 15 is 0 Å². The highest BCUT2D eigenvalue weighted by atomic mass is 16.2. The third kappa shape index (κ3) is 5.23. The van der Waals surface area contributed by atoms with Gasteiger partial charge in [0, 0.05) is 29.3 Å². The Morgan fingerprint density at radius 3 is 2.05 bits per heavy atom. The molecule has 0 aliphatic carbocycles. The number of nitrogens with one attached hydrogen (secondary N) is 2. The van der Waals surface area contributed by atoms with E-state index in [1.165, 1.54) is 18.2 Å². The Kier molecular flexibility index (Phi) is 5.86. The minimum Gasteiger partial charge on any atom is -0.366 e. The molecule has 1 rings (SSSR count). The van der Waals surface area contributed by atoms with Gasteiger partial charge in [-0.15, -0.1) is 0 Å². The van der Waals surface area contributed by atoms with Gasteiger partial charge in [0.25, 0.3) is 0 Å². The second-order valence-corrected chi connectivity index (χ2v) is 4.74. The van der Waals surface area contributed by atoms with Crippen molar-refractivity contribution in [1.82, 2.24) is 5.32 Å². The molecular weight excluding hydrogens is 272 g/mol. The Bertz CT molecular complexity index is 525. The molecule has 0 spiro atoms. The van der Waals surface area contributed by atoms with Gasteiger partial charge in [-0.05, 0) is 31.7 Å². The number of carbonyl (C=O) groups is 3. The molecule has 0 fully saturated rings. The molecule has 6 N–H and O–H groups in total. The van der Waals surface area contributed by atoms with Gasteiger partial charge >= 0.3 is 0 Å². The molecule has 1 unspecified atom stereocenters. The average molecular weight is 292 g/mol. The molecule has 0 saturated heterocycles. The van der Waals surface area contributed by atoms with E-state index in [1.54, 1.807) is 0 Å². The lowest BCUT2D eigenvalue weighted by Gasteiger charge is -2.13. The molecule has 0 saturated carbocycles. The van der Waals surface area contributed by atoms with Crippen LogP contribution in [0.3, 0.4) is 0 Å². The summed E-state index contributed by atoms with van der Waals surface area (Å²) in [6.45, 7) is 4.60. The molecule has 1 aromatic carbocycles. The van der Waals surface area contributed by atoms with Crippen LogP contribution >= 0.6 is 0 Å². The molecule has 1 atom stereocenters. The molecule has 7 nitrogen and oxygen atoms in total. The number of carbonyl (C=O) groups excluding carboxylic acids is 3. The summed E-state index contributed by atoms with van der Waals surface area (Å²) in [5, 5.41) is 5.74. The van der Waals surface area contributed by atoms with E-state index in [9.17, 15) is 14.4 Å². The third-order valence-corrected chi connectivity index (χ3v) is 2.83. The van der Waals surface area contributed by atoms with Crippen molar-refractivity contribution in [2.45, 2.75) is 26.3 Å². The molecule has 21 heavy (non-hydrogen) atoms. The minimum absolute atomic E-state index is 0.0185. The number of hydrogen-bond acceptors (Lipinski definition) is 4. The van der Waals surface area contributed by atoms with Gasteiger partial charge in [0.2, 0.25) is 17.7 Å². The summed E-state index contributed by atoms with van der Waals surface area (Å²) in [7, 11) is 0. The summed E-state index contributed by atoms with van der Waals surface area (Å²) in [5.74, 6) is -1.63. The van der Waals surface area contributed by atoms with E-state index in [1.807, 2.05) is 13.8 Å². The molecule has 3 amide bonds. The molecular formula is C14H20N4O3. The molecule has 0 bridgehead atoms. The summed E-state index contributed by atoms with van der Waals surface area (Å²) in [6.07, 6.45) is 0.264. The van der Waals surface area contributed by atoms with Crippen molar-refractivity contribution in [1.29, 1.82) is 0 Å². The van der Waals surface area contributed by atoms with E-state index in [2.05, 4.69) is 10.6 Å². The summed E-state index contributed by atoms with van der Waals surface area (Å²) in [4.78, 5) is 34.3. The molecule has 0 heterocycles. The first-order valence-electron chi connectivity index (χ1n) is 6.61. The van der Waals surface area contributed by atoms with E-state index in [0.717, 1.165) is 6.54 Å². The van der Waals surface area contributed by atoms with Crippen LogP contribution < -0.4 is 22.1 Å². The van der Waals surface area contributed by atoms with E-state index < -0.39 is 11.8 Å². The van der Waals surface area contributed by atoms with E-state index in [4.69, 9.17) is 11.5 Å². The van der Waals surface area contributed by atoms with Crippen LogP contribution in [-0.4, -0.2) is 30.3 Å². The lowest BCUT2D eigenvalue weighted by molar-refractivity contribution is -0.116. The largest absolute Gasteiger partial charge is 0.366 e. The molecule has 0 aliphatic rings. The first-order valence-corrected chi connectivity index (χ1v) is 6.61. The Labute approximate surface area is 123 Å². The van der Waals surface area contributed by atoms with Crippen molar-refractivity contribution < 1.29 is 14.4 Å². The predicted molar refractivity (Wildman–Crippen MR) is 79.9 cm³/mol. The van der Waals surface area contributed by atoms with Crippen LogP contribution in [0.2, 0.25) is 0 Å². The van der Waals surface area contributed by atoms with Gasteiger partial charge in [0.1, 0.15) is 0 Å². The molecule has 0 aliphatic heterocycles. The SMILES string of the molecule is CCNC(C)CC(=O)Nc1cc(C(N)=O)cc(C(N)=O)c1. The first kappa shape index (κ1) is 16.6. The minimum atomic E-state index is -0.699. The van der Waals surface area contributed by atoms with Crippen molar-refractivity contribution in [2.24, 2.45) is 11.5 Å². The fourth-order valence-electron chi connectivity index (χ4n) is 1.90. The predicted octanol–water partition coefficient (Wildman–Crippen LogP) is 0.211. The van der Waals surface area contributed by atoms with Crippen LogP contribution in [0.15, 0.2) is 18.2 Å². The fourth-order valence-corrected chi connectivity index (χ4v) is 1.90. The van der Waals surface area contributed by atoms with Gasteiger partial charge in [-0.3, -0.25) is 14.4 Å². The number of amides is 3. The molecule has 0 radical (unpaired) electrons. The maximum atomic E-state index is 11.9. The van der Waals surface area contributed by atoms with Gasteiger partial charge < -0.3 is 22.1 Å². The van der Waals surface area contributed by atoms with Gasteiger partial charge in [-0.2, -0.15) is 0 Å². The topological polar surface area (TPSA) is 127 Å². The van der Waals surface area contributed by atoms with Crippen LogP contribution in [0.5, 0.6) is 0 Å². The quantitative estimate of drug-likeness (QED) is 0.572. The number of hydrogen-bond donors (Lipinski definition) is 4. The van der Waals surface area contributed by atoms with Crippen LogP contribution in [-0.2, 0) is 4.79 Å². The highest BCUT2D eigenvalue weighted by molar-refractivity contribution is 6.01. The Morgan fingerprint density at radius 1 is 1.10 bits per heavy atom. The highest BCUT2D eigenvalue weighted by Crippen LogP contribution is 2.15. The highest BCUT2D eigenvalue weighted by Gasteiger charge is 2.12. The van der Waals surface area contributed by atoms with Gasteiger partial charge in [0.05, 0.1) is 0 Å². The first-order chi connectivity index (χ1) is 9.83. The zero-order chi connectivity index (χ0) is 16.0. The van der Waals surface area contributed by atoms with Crippen LogP contribution in [0.4, 0.5) is 5.69 Å². The normalized spacial score (nSPS) is 11.7. The standard InChI is InChI=1S/C14H20N4O3/c1-3-17-8(2)4-12(19)18-11-6-9(13(15)20)5-10(7-11)14(16)21/h5-8,17H,3-4H2,1-2H3,(H2,15,20)(H2,16,21)(H,18,19). The molecule has 114 valence electrons. The summed E-state index contributed by atoms with van der Waals surface area (Å²) < 4.78 is 0. The lowest BCUT2D eigenvalue weighted by Crippen LogP contribution is -2.30. The summed E-state index contributed by atoms with van der Waals surface area (Å²) in [6, 6.07) is 4.13. The Morgan fingerprint density at radius 2 is 1.62 bits per heavy atom. The fraction of sp³-hybridized carbons (Fsp3) is 0.357. The zero-order valence-corrected chi connectivity index (χ0v) is 12.1. The maximum Gasteiger partial charge on any atom is 0.248 e. The third-order valence-electron chi connectivity index (χ3n) is 2.83. The zero-order valence-electron chi connectivity index (χ0n) is 12.1. The second-order valence-electron chi connectivity index (χ2n) is 4.74. The number of anilines is 1. The summed E-state index contributed by atoms with van der Waals surface area (Å²) >= 11 is 0. The number of rotatable bonds is 7. The van der Waals surface area contributed by atoms with E-state index in [-0.39, 0.29) is 29.5 Å². The van der Waals surface area contributed by atoms with Crippen molar-refractivity contribution in [3.8, 4) is 0 Å². The van der Waals surface area contributed by atoms with Gasteiger partial charge in [0.15, 0.2) is 0 Å². The van der Waals surface area contributed by atoms with Gasteiger partial charge in [-0.25, -0.2) is 0 Å². The van der Waals surface area contributed by atoms with Crippen LogP contribution in [0, 0.1) is 0 Å². The molecule has 7 heteroatoms. The van der Waals surface area contributed by atoms with E-state index in [0.29, 0.717) is 5.69 Å². The van der Waals surface area contributed by atoms with Crippen molar-refractivity contribution in [2.75, 3.05) is 11.9 Å². The molecule has 0 aromatic heterocycles. The number of primary amides is 2. The van der Waals surface area contributed by atoms with Crippen LogP contribution in [0.25, 0.3) is 0 Å². The maximum absolute atomic E-state index is 11.9.